The molecule has 0 saturated carbocycles. The fourth-order valence-electron chi connectivity index (χ4n) is 2.82. The largest absolute Gasteiger partial charge is 0.326 e. The van der Waals surface area contributed by atoms with Crippen molar-refractivity contribution in [3.63, 3.8) is 0 Å². The molecule has 2 aliphatic heterocycles. The standard InChI is InChI=1S/C13H19FN4/c14-10-3-1-2-9(6-10)12-7-13(17-16-12)18-5-4-11(15)8-18/h1-3,6,11-13,16-17H,4-5,7-8,15H2. The smallest absolute Gasteiger partial charge is 0.123 e. The molecule has 3 unspecified atom stereocenters. The molecule has 3 atom stereocenters. The van der Waals surface area contributed by atoms with E-state index in [2.05, 4.69) is 15.8 Å². The summed E-state index contributed by atoms with van der Waals surface area (Å²) in [5, 5.41) is 0. The minimum absolute atomic E-state index is 0.169. The van der Waals surface area contributed by atoms with Crippen molar-refractivity contribution < 1.29 is 4.39 Å². The average molecular weight is 250 g/mol. The highest BCUT2D eigenvalue weighted by Gasteiger charge is 2.32. The summed E-state index contributed by atoms with van der Waals surface area (Å²) in [7, 11) is 0. The predicted octanol–water partition coefficient (Wildman–Crippen LogP) is 0.724. The van der Waals surface area contributed by atoms with E-state index in [1.165, 1.54) is 6.07 Å². The second kappa shape index (κ2) is 4.93. The monoisotopic (exact) mass is 250 g/mol. The molecule has 98 valence electrons. The summed E-state index contributed by atoms with van der Waals surface area (Å²) < 4.78 is 13.2. The van der Waals surface area contributed by atoms with E-state index in [1.54, 1.807) is 12.1 Å². The fourth-order valence-corrected chi connectivity index (χ4v) is 2.82. The third kappa shape index (κ3) is 2.40. The van der Waals surface area contributed by atoms with Crippen LogP contribution in [0.2, 0.25) is 0 Å². The van der Waals surface area contributed by atoms with Crippen molar-refractivity contribution in [2.45, 2.75) is 31.1 Å². The van der Waals surface area contributed by atoms with Gasteiger partial charge in [-0.3, -0.25) is 4.90 Å². The summed E-state index contributed by atoms with van der Waals surface area (Å²) in [6.45, 7) is 1.98. The number of halogens is 1. The first-order chi connectivity index (χ1) is 8.72. The van der Waals surface area contributed by atoms with Crippen molar-refractivity contribution in [3.05, 3.63) is 35.6 Å². The molecule has 5 heteroatoms. The number of likely N-dealkylation sites (tertiary alicyclic amines) is 1. The van der Waals surface area contributed by atoms with Crippen molar-refractivity contribution in [1.82, 2.24) is 15.8 Å². The van der Waals surface area contributed by atoms with E-state index in [0.717, 1.165) is 31.5 Å². The van der Waals surface area contributed by atoms with Crippen molar-refractivity contribution in [1.29, 1.82) is 0 Å². The Morgan fingerprint density at radius 3 is 2.94 bits per heavy atom. The van der Waals surface area contributed by atoms with E-state index < -0.39 is 0 Å². The summed E-state index contributed by atoms with van der Waals surface area (Å²) in [5.74, 6) is -0.180. The molecule has 4 nitrogen and oxygen atoms in total. The molecular formula is C13H19FN4. The molecule has 2 aliphatic rings. The maximum Gasteiger partial charge on any atom is 0.123 e. The highest BCUT2D eigenvalue weighted by atomic mass is 19.1. The van der Waals surface area contributed by atoms with Crippen LogP contribution in [0.3, 0.4) is 0 Å². The quantitative estimate of drug-likeness (QED) is 0.724. The van der Waals surface area contributed by atoms with Crippen LogP contribution in [0.15, 0.2) is 24.3 Å². The molecule has 0 aromatic heterocycles. The molecule has 3 rings (SSSR count). The molecule has 0 spiro atoms. The third-order valence-electron chi connectivity index (χ3n) is 3.83. The topological polar surface area (TPSA) is 53.3 Å². The molecule has 18 heavy (non-hydrogen) atoms. The third-order valence-corrected chi connectivity index (χ3v) is 3.83. The number of hydrogen-bond donors (Lipinski definition) is 3. The van der Waals surface area contributed by atoms with Crippen molar-refractivity contribution in [2.75, 3.05) is 13.1 Å². The second-order valence-corrected chi connectivity index (χ2v) is 5.19. The molecular weight excluding hydrogens is 231 g/mol. The van der Waals surface area contributed by atoms with Crippen LogP contribution in [0.4, 0.5) is 4.39 Å². The number of rotatable bonds is 2. The van der Waals surface area contributed by atoms with Gasteiger partial charge in [0.25, 0.3) is 0 Å². The zero-order valence-corrected chi connectivity index (χ0v) is 10.3. The zero-order valence-electron chi connectivity index (χ0n) is 10.3. The Labute approximate surface area is 106 Å². The van der Waals surface area contributed by atoms with E-state index in [0.29, 0.717) is 12.2 Å². The Morgan fingerprint density at radius 2 is 2.22 bits per heavy atom. The van der Waals surface area contributed by atoms with Crippen LogP contribution in [0.5, 0.6) is 0 Å². The first-order valence-electron chi connectivity index (χ1n) is 6.48. The lowest BCUT2D eigenvalue weighted by Crippen LogP contribution is -2.44. The van der Waals surface area contributed by atoms with Crippen LogP contribution in [-0.4, -0.2) is 30.2 Å². The minimum atomic E-state index is -0.180. The van der Waals surface area contributed by atoms with E-state index >= 15 is 0 Å². The Bertz CT molecular complexity index is 425. The van der Waals surface area contributed by atoms with Gasteiger partial charge in [-0.15, -0.1) is 0 Å². The van der Waals surface area contributed by atoms with Crippen LogP contribution in [-0.2, 0) is 0 Å². The molecule has 2 heterocycles. The molecule has 0 bridgehead atoms. The average Bonchev–Trinajstić information content (AvgIpc) is 2.97. The summed E-state index contributed by atoms with van der Waals surface area (Å²) in [6.07, 6.45) is 2.30. The number of nitrogens with one attached hydrogen (secondary N) is 2. The Kier molecular flexibility index (Phi) is 3.30. The Morgan fingerprint density at radius 1 is 1.33 bits per heavy atom. The lowest BCUT2D eigenvalue weighted by atomic mass is 10.0. The molecule has 0 aliphatic carbocycles. The first kappa shape index (κ1) is 12.0. The summed E-state index contributed by atoms with van der Waals surface area (Å²) in [5.41, 5.74) is 13.4. The van der Waals surface area contributed by atoms with Crippen LogP contribution in [0, 0.1) is 5.82 Å². The fraction of sp³-hybridized carbons (Fsp3) is 0.538. The number of benzene rings is 1. The number of hydrogen-bond acceptors (Lipinski definition) is 4. The predicted molar refractivity (Wildman–Crippen MR) is 68.0 cm³/mol. The second-order valence-electron chi connectivity index (χ2n) is 5.19. The van der Waals surface area contributed by atoms with E-state index in [-0.39, 0.29) is 11.9 Å². The van der Waals surface area contributed by atoms with Gasteiger partial charge in [-0.05, 0) is 30.5 Å². The van der Waals surface area contributed by atoms with Gasteiger partial charge in [-0.1, -0.05) is 12.1 Å². The molecule has 2 fully saturated rings. The SMILES string of the molecule is NC1CCN(C2CC(c3cccc(F)c3)NN2)C1. The van der Waals surface area contributed by atoms with Gasteiger partial charge in [-0.25, -0.2) is 15.2 Å². The highest BCUT2D eigenvalue weighted by Crippen LogP contribution is 2.25. The van der Waals surface area contributed by atoms with Crippen LogP contribution in [0.1, 0.15) is 24.4 Å². The molecule has 1 aromatic carbocycles. The molecule has 1 aromatic rings. The van der Waals surface area contributed by atoms with E-state index in [4.69, 9.17) is 5.73 Å². The van der Waals surface area contributed by atoms with Crippen molar-refractivity contribution >= 4 is 0 Å². The number of nitrogens with two attached hydrogens (primary N) is 1. The lowest BCUT2D eigenvalue weighted by Gasteiger charge is -2.22. The van der Waals surface area contributed by atoms with Gasteiger partial charge < -0.3 is 5.73 Å². The van der Waals surface area contributed by atoms with E-state index in [1.807, 2.05) is 6.07 Å². The van der Waals surface area contributed by atoms with E-state index in [9.17, 15) is 4.39 Å². The zero-order chi connectivity index (χ0) is 12.5. The molecule has 0 amide bonds. The first-order valence-corrected chi connectivity index (χ1v) is 6.48. The van der Waals surface area contributed by atoms with Crippen LogP contribution < -0.4 is 16.6 Å². The lowest BCUT2D eigenvalue weighted by molar-refractivity contribution is 0.215. The molecule has 2 saturated heterocycles. The van der Waals surface area contributed by atoms with Crippen LogP contribution in [0.25, 0.3) is 0 Å². The van der Waals surface area contributed by atoms with Crippen molar-refractivity contribution in [3.8, 4) is 0 Å². The Hall–Kier alpha value is -1.01. The number of hydrazine groups is 1. The van der Waals surface area contributed by atoms with Crippen molar-refractivity contribution in [2.24, 2.45) is 5.73 Å². The van der Waals surface area contributed by atoms with Gasteiger partial charge in [0, 0.05) is 25.2 Å². The maximum absolute atomic E-state index is 13.2. The minimum Gasteiger partial charge on any atom is -0.326 e. The summed E-state index contributed by atoms with van der Waals surface area (Å²) in [6, 6.07) is 7.24. The molecule has 4 N–H and O–H groups in total. The van der Waals surface area contributed by atoms with Gasteiger partial charge in [-0.2, -0.15) is 0 Å². The molecule has 0 radical (unpaired) electrons. The highest BCUT2D eigenvalue weighted by molar-refractivity contribution is 5.21. The van der Waals surface area contributed by atoms with Gasteiger partial charge in [0.1, 0.15) is 5.82 Å². The van der Waals surface area contributed by atoms with Gasteiger partial charge in [0.15, 0.2) is 0 Å². The normalized spacial score (nSPS) is 33.1. The van der Waals surface area contributed by atoms with Gasteiger partial charge >= 0.3 is 0 Å². The van der Waals surface area contributed by atoms with Gasteiger partial charge in [0.2, 0.25) is 0 Å². The Balaban J connectivity index is 1.65. The number of nitrogens with zero attached hydrogens (tertiary/aromatic N) is 1. The van der Waals surface area contributed by atoms with Gasteiger partial charge in [0.05, 0.1) is 6.17 Å². The summed E-state index contributed by atoms with van der Waals surface area (Å²) >= 11 is 0. The maximum atomic E-state index is 13.2. The van der Waals surface area contributed by atoms with Crippen LogP contribution >= 0.6 is 0 Å². The summed E-state index contributed by atoms with van der Waals surface area (Å²) in [4.78, 5) is 2.36.